The van der Waals surface area contributed by atoms with Crippen molar-refractivity contribution in [1.29, 1.82) is 0 Å². The van der Waals surface area contributed by atoms with Gasteiger partial charge in [-0.2, -0.15) is 0 Å². The molecule has 1 aliphatic carbocycles. The lowest BCUT2D eigenvalue weighted by molar-refractivity contribution is -0.0588. The molecule has 1 saturated carbocycles. The van der Waals surface area contributed by atoms with Gasteiger partial charge in [0.15, 0.2) is 0 Å². The first-order chi connectivity index (χ1) is 9.36. The van der Waals surface area contributed by atoms with E-state index in [0.717, 1.165) is 32.1 Å². The average Bonchev–Trinajstić information content (AvgIpc) is 2.89. The van der Waals surface area contributed by atoms with E-state index in [4.69, 9.17) is 4.74 Å². The summed E-state index contributed by atoms with van der Waals surface area (Å²) in [5.74, 6) is 0.983. The van der Waals surface area contributed by atoms with Crippen LogP contribution >= 0.6 is 0 Å². The maximum absolute atomic E-state index is 5.87. The van der Waals surface area contributed by atoms with Crippen molar-refractivity contribution in [2.75, 3.05) is 25.0 Å². The summed E-state index contributed by atoms with van der Waals surface area (Å²) in [5, 5.41) is 3.28. The van der Waals surface area contributed by atoms with Crippen LogP contribution in [0.1, 0.15) is 31.7 Å². The van der Waals surface area contributed by atoms with E-state index in [-0.39, 0.29) is 0 Å². The van der Waals surface area contributed by atoms with E-state index in [1.165, 1.54) is 24.8 Å². The zero-order valence-corrected chi connectivity index (χ0v) is 11.6. The fourth-order valence-corrected chi connectivity index (χ4v) is 3.29. The third kappa shape index (κ3) is 2.90. The van der Waals surface area contributed by atoms with Crippen LogP contribution in [0.4, 0.5) is 5.82 Å². The van der Waals surface area contributed by atoms with Crippen LogP contribution in [-0.4, -0.2) is 41.7 Å². The first-order valence-corrected chi connectivity index (χ1v) is 7.41. The number of pyridine rings is 1. The van der Waals surface area contributed by atoms with Crippen LogP contribution in [-0.2, 0) is 11.3 Å². The number of hydrogen-bond donors (Lipinski definition) is 1. The summed E-state index contributed by atoms with van der Waals surface area (Å²) in [4.78, 5) is 6.92. The first kappa shape index (κ1) is 12.9. The molecule has 104 valence electrons. The lowest BCUT2D eigenvalue weighted by Gasteiger charge is -2.37. The first-order valence-electron chi connectivity index (χ1n) is 7.41. The van der Waals surface area contributed by atoms with Crippen molar-refractivity contribution < 1.29 is 4.74 Å². The summed E-state index contributed by atoms with van der Waals surface area (Å²) in [7, 11) is 0. The number of anilines is 1. The van der Waals surface area contributed by atoms with Crippen LogP contribution in [0.25, 0.3) is 0 Å². The normalized spacial score (nSPS) is 27.2. The van der Waals surface area contributed by atoms with Crippen molar-refractivity contribution in [2.45, 2.75) is 44.9 Å². The minimum atomic E-state index is 0.476. The topological polar surface area (TPSA) is 37.4 Å². The molecule has 2 heterocycles. The van der Waals surface area contributed by atoms with Gasteiger partial charge in [-0.05, 0) is 43.9 Å². The second kappa shape index (κ2) is 5.88. The lowest BCUT2D eigenvalue weighted by Crippen LogP contribution is -2.47. The van der Waals surface area contributed by atoms with Gasteiger partial charge in [0.1, 0.15) is 5.82 Å². The Labute approximate surface area is 115 Å². The standard InChI is InChI=1S/C15H23N3O/c1-2-16-15-10-12(6-7-17-15)11-18-8-9-19-14-5-3-4-13(14)18/h6-7,10,13-14H,2-5,8-9,11H2,1H3,(H,16,17). The van der Waals surface area contributed by atoms with Gasteiger partial charge in [-0.1, -0.05) is 0 Å². The summed E-state index contributed by atoms with van der Waals surface area (Å²) in [5.41, 5.74) is 1.35. The highest BCUT2D eigenvalue weighted by Gasteiger charge is 2.35. The third-order valence-electron chi connectivity index (χ3n) is 4.17. The summed E-state index contributed by atoms with van der Waals surface area (Å²) in [6.45, 7) is 5.97. The molecule has 1 aromatic heterocycles. The Bertz CT molecular complexity index is 424. The number of fused-ring (bicyclic) bond motifs is 1. The number of ether oxygens (including phenoxy) is 1. The van der Waals surface area contributed by atoms with Crippen LogP contribution in [0, 0.1) is 0 Å². The highest BCUT2D eigenvalue weighted by molar-refractivity contribution is 5.37. The number of hydrogen-bond acceptors (Lipinski definition) is 4. The van der Waals surface area contributed by atoms with Crippen molar-refractivity contribution in [2.24, 2.45) is 0 Å². The smallest absolute Gasteiger partial charge is 0.126 e. The minimum absolute atomic E-state index is 0.476. The molecule has 4 heteroatoms. The lowest BCUT2D eigenvalue weighted by atomic mass is 10.1. The van der Waals surface area contributed by atoms with Gasteiger partial charge in [-0.25, -0.2) is 4.98 Å². The largest absolute Gasteiger partial charge is 0.375 e. The monoisotopic (exact) mass is 261 g/mol. The Balaban J connectivity index is 1.68. The molecule has 2 aliphatic rings. The maximum Gasteiger partial charge on any atom is 0.126 e. The predicted octanol–water partition coefficient (Wildman–Crippen LogP) is 2.27. The van der Waals surface area contributed by atoms with Gasteiger partial charge in [0.25, 0.3) is 0 Å². The van der Waals surface area contributed by atoms with Gasteiger partial charge in [0, 0.05) is 31.9 Å². The predicted molar refractivity (Wildman–Crippen MR) is 76.2 cm³/mol. The number of nitrogens with zero attached hydrogens (tertiary/aromatic N) is 2. The summed E-state index contributed by atoms with van der Waals surface area (Å²) < 4.78 is 5.87. The van der Waals surface area contributed by atoms with E-state index in [9.17, 15) is 0 Å². The number of morpholine rings is 1. The van der Waals surface area contributed by atoms with Crippen LogP contribution in [0.5, 0.6) is 0 Å². The van der Waals surface area contributed by atoms with Gasteiger partial charge in [-0.15, -0.1) is 0 Å². The molecule has 4 nitrogen and oxygen atoms in total. The van der Waals surface area contributed by atoms with Gasteiger partial charge in [-0.3, -0.25) is 4.90 Å². The zero-order valence-electron chi connectivity index (χ0n) is 11.6. The summed E-state index contributed by atoms with van der Waals surface area (Å²) in [6.07, 6.45) is 6.21. The van der Waals surface area contributed by atoms with E-state index in [1.807, 2.05) is 6.20 Å². The quantitative estimate of drug-likeness (QED) is 0.902. The molecule has 1 aliphatic heterocycles. The van der Waals surface area contributed by atoms with Crippen molar-refractivity contribution >= 4 is 5.82 Å². The summed E-state index contributed by atoms with van der Waals surface area (Å²) in [6, 6.07) is 4.92. The fourth-order valence-electron chi connectivity index (χ4n) is 3.29. The van der Waals surface area contributed by atoms with Gasteiger partial charge in [0.05, 0.1) is 12.7 Å². The van der Waals surface area contributed by atoms with Gasteiger partial charge >= 0.3 is 0 Å². The van der Waals surface area contributed by atoms with Crippen LogP contribution in [0.2, 0.25) is 0 Å². The van der Waals surface area contributed by atoms with Crippen LogP contribution in [0.3, 0.4) is 0 Å². The number of aromatic nitrogens is 1. The molecular weight excluding hydrogens is 238 g/mol. The van der Waals surface area contributed by atoms with Crippen molar-refractivity contribution in [3.05, 3.63) is 23.9 Å². The molecule has 2 atom stereocenters. The number of nitrogens with one attached hydrogen (secondary N) is 1. The second-order valence-corrected chi connectivity index (χ2v) is 5.46. The Morgan fingerprint density at radius 1 is 1.47 bits per heavy atom. The van der Waals surface area contributed by atoms with E-state index in [2.05, 4.69) is 34.3 Å². The molecule has 2 unspecified atom stereocenters. The summed E-state index contributed by atoms with van der Waals surface area (Å²) >= 11 is 0. The molecule has 1 aromatic rings. The van der Waals surface area contributed by atoms with Gasteiger partial charge in [0.2, 0.25) is 0 Å². The van der Waals surface area contributed by atoms with E-state index in [1.54, 1.807) is 0 Å². The van der Waals surface area contributed by atoms with Crippen molar-refractivity contribution in [3.8, 4) is 0 Å². The molecule has 0 radical (unpaired) electrons. The molecular formula is C15H23N3O. The van der Waals surface area contributed by atoms with E-state index in [0.29, 0.717) is 12.1 Å². The Morgan fingerprint density at radius 3 is 3.32 bits per heavy atom. The minimum Gasteiger partial charge on any atom is -0.375 e. The van der Waals surface area contributed by atoms with Crippen LogP contribution < -0.4 is 5.32 Å². The van der Waals surface area contributed by atoms with E-state index >= 15 is 0 Å². The molecule has 1 saturated heterocycles. The Kier molecular flexibility index (Phi) is 3.99. The molecule has 0 bridgehead atoms. The zero-order chi connectivity index (χ0) is 13.1. The molecule has 1 N–H and O–H groups in total. The van der Waals surface area contributed by atoms with E-state index < -0.39 is 0 Å². The van der Waals surface area contributed by atoms with Gasteiger partial charge < -0.3 is 10.1 Å². The SMILES string of the molecule is CCNc1cc(CN2CCOC3CCCC32)ccn1. The second-order valence-electron chi connectivity index (χ2n) is 5.46. The highest BCUT2D eigenvalue weighted by atomic mass is 16.5. The average molecular weight is 261 g/mol. The molecule has 0 spiro atoms. The molecule has 2 fully saturated rings. The Hall–Kier alpha value is -1.13. The maximum atomic E-state index is 5.87. The van der Waals surface area contributed by atoms with Crippen molar-refractivity contribution in [3.63, 3.8) is 0 Å². The fraction of sp³-hybridized carbons (Fsp3) is 0.667. The molecule has 0 amide bonds. The molecule has 19 heavy (non-hydrogen) atoms. The van der Waals surface area contributed by atoms with Crippen LogP contribution in [0.15, 0.2) is 18.3 Å². The van der Waals surface area contributed by atoms with Crippen molar-refractivity contribution in [1.82, 2.24) is 9.88 Å². The molecule has 0 aromatic carbocycles. The number of rotatable bonds is 4. The molecule has 3 rings (SSSR count). The Morgan fingerprint density at radius 2 is 2.42 bits per heavy atom. The third-order valence-corrected chi connectivity index (χ3v) is 4.17. The highest BCUT2D eigenvalue weighted by Crippen LogP contribution is 2.30.